The topological polar surface area (TPSA) is 95.2 Å². The lowest BCUT2D eigenvalue weighted by atomic mass is 10.1. The van der Waals surface area contributed by atoms with E-state index in [0.29, 0.717) is 29.8 Å². The van der Waals surface area contributed by atoms with Crippen LogP contribution in [0.1, 0.15) is 47.8 Å². The quantitative estimate of drug-likeness (QED) is 0.746. The van der Waals surface area contributed by atoms with E-state index < -0.39 is 0 Å². The summed E-state index contributed by atoms with van der Waals surface area (Å²) in [4.78, 5) is 14.2. The maximum Gasteiger partial charge on any atom is 0.276 e. The predicted molar refractivity (Wildman–Crippen MR) is 70.7 cm³/mol. The molecule has 0 radical (unpaired) electrons. The molecule has 1 aromatic heterocycles. The minimum Gasteiger partial charge on any atom is -0.396 e. The summed E-state index contributed by atoms with van der Waals surface area (Å²) >= 11 is 0. The van der Waals surface area contributed by atoms with Gasteiger partial charge in [-0.05, 0) is 31.6 Å². The number of hydrogen-bond donors (Lipinski definition) is 3. The first kappa shape index (κ1) is 12.5. The van der Waals surface area contributed by atoms with Gasteiger partial charge in [0, 0.05) is 25.6 Å². The Bertz CT molecular complexity index is 481. The van der Waals surface area contributed by atoms with Crippen LogP contribution in [-0.2, 0) is 0 Å². The normalized spacial score (nSPS) is 23.0. The summed E-state index contributed by atoms with van der Waals surface area (Å²) in [5, 5.41) is 16.0. The minimum absolute atomic E-state index is 0.0823. The fraction of sp³-hybridized carbons (Fsp3) is 0.692. The van der Waals surface area contributed by atoms with Crippen molar-refractivity contribution in [2.24, 2.45) is 5.92 Å². The number of aliphatic hydroxyl groups is 1. The Labute approximate surface area is 112 Å². The molecule has 6 heteroatoms. The van der Waals surface area contributed by atoms with E-state index in [4.69, 9.17) is 10.8 Å². The maximum absolute atomic E-state index is 12.4. The number of anilines is 1. The van der Waals surface area contributed by atoms with E-state index in [-0.39, 0.29) is 12.5 Å². The van der Waals surface area contributed by atoms with Crippen molar-refractivity contribution in [3.63, 3.8) is 0 Å². The van der Waals surface area contributed by atoms with Crippen LogP contribution < -0.4 is 5.73 Å². The van der Waals surface area contributed by atoms with Gasteiger partial charge in [-0.1, -0.05) is 0 Å². The van der Waals surface area contributed by atoms with Crippen molar-refractivity contribution < 1.29 is 9.90 Å². The van der Waals surface area contributed by atoms with Crippen LogP contribution in [0.5, 0.6) is 0 Å². The number of nitrogen functional groups attached to an aromatic ring is 1. The Morgan fingerprint density at radius 2 is 2.26 bits per heavy atom. The minimum atomic E-state index is -0.0823. The molecule has 1 saturated carbocycles. The number of aromatic amines is 1. The Kier molecular flexibility index (Phi) is 3.18. The highest BCUT2D eigenvalue weighted by Crippen LogP contribution is 2.42. The molecular formula is C13H20N4O2. The summed E-state index contributed by atoms with van der Waals surface area (Å²) in [5.41, 5.74) is 7.84. The zero-order chi connectivity index (χ0) is 13.4. The van der Waals surface area contributed by atoms with Crippen molar-refractivity contribution in [3.05, 3.63) is 11.4 Å². The lowest BCUT2D eigenvalue weighted by Gasteiger charge is -2.15. The Morgan fingerprint density at radius 3 is 2.95 bits per heavy atom. The van der Waals surface area contributed by atoms with Crippen molar-refractivity contribution in [2.45, 2.75) is 31.6 Å². The number of likely N-dealkylation sites (tertiary alicyclic amines) is 1. The first-order valence-electron chi connectivity index (χ1n) is 6.94. The highest BCUT2D eigenvalue weighted by atomic mass is 16.3. The van der Waals surface area contributed by atoms with Crippen molar-refractivity contribution in [3.8, 4) is 0 Å². The largest absolute Gasteiger partial charge is 0.396 e. The number of carbonyl (C=O) groups is 1. The average Bonchev–Trinajstić information content (AvgIpc) is 3.01. The maximum atomic E-state index is 12.4. The molecule has 2 fully saturated rings. The average molecular weight is 264 g/mol. The number of aromatic nitrogens is 2. The van der Waals surface area contributed by atoms with Crippen LogP contribution in [0.25, 0.3) is 0 Å². The summed E-state index contributed by atoms with van der Waals surface area (Å²) in [6.07, 6.45) is 3.96. The van der Waals surface area contributed by atoms with Crippen molar-refractivity contribution in [1.82, 2.24) is 15.1 Å². The van der Waals surface area contributed by atoms with Gasteiger partial charge in [0.25, 0.3) is 5.91 Å². The van der Waals surface area contributed by atoms with Crippen molar-refractivity contribution in [1.29, 1.82) is 0 Å². The molecule has 1 aromatic rings. The van der Waals surface area contributed by atoms with Crippen molar-refractivity contribution >= 4 is 11.6 Å². The van der Waals surface area contributed by atoms with E-state index >= 15 is 0 Å². The van der Waals surface area contributed by atoms with Crippen LogP contribution in [0.4, 0.5) is 5.69 Å². The van der Waals surface area contributed by atoms with Gasteiger partial charge in [0.2, 0.25) is 0 Å². The zero-order valence-electron chi connectivity index (χ0n) is 10.9. The monoisotopic (exact) mass is 264 g/mol. The molecule has 2 heterocycles. The number of nitrogens with one attached hydrogen (secondary N) is 1. The summed E-state index contributed by atoms with van der Waals surface area (Å²) < 4.78 is 0. The third kappa shape index (κ3) is 2.32. The number of nitrogens with two attached hydrogens (primary N) is 1. The molecule has 4 N–H and O–H groups in total. The van der Waals surface area contributed by atoms with Crippen molar-refractivity contribution in [2.75, 3.05) is 25.4 Å². The number of nitrogens with zero attached hydrogens (tertiary/aromatic N) is 2. The molecule has 0 bridgehead atoms. The fourth-order valence-electron chi connectivity index (χ4n) is 2.80. The highest BCUT2D eigenvalue weighted by Gasteiger charge is 2.33. The number of hydrogen-bond acceptors (Lipinski definition) is 4. The molecule has 0 spiro atoms. The number of amides is 1. The molecule has 0 aromatic carbocycles. The molecule has 104 valence electrons. The van der Waals surface area contributed by atoms with Gasteiger partial charge in [0.05, 0.1) is 11.4 Å². The molecule has 6 nitrogen and oxygen atoms in total. The Hall–Kier alpha value is -1.56. The summed E-state index contributed by atoms with van der Waals surface area (Å²) in [7, 11) is 0. The highest BCUT2D eigenvalue weighted by molar-refractivity contribution is 5.97. The predicted octanol–water partition coefficient (Wildman–Crippen LogP) is 0.714. The molecular weight excluding hydrogens is 244 g/mol. The number of carbonyl (C=O) groups excluding carboxylic acids is 1. The fourth-order valence-corrected chi connectivity index (χ4v) is 2.80. The number of H-pyrrole nitrogens is 1. The Balaban J connectivity index is 1.70. The molecule has 1 saturated heterocycles. The van der Waals surface area contributed by atoms with E-state index in [1.54, 1.807) is 4.90 Å². The van der Waals surface area contributed by atoms with Crippen LogP contribution >= 0.6 is 0 Å². The lowest BCUT2D eigenvalue weighted by Crippen LogP contribution is -2.29. The summed E-state index contributed by atoms with van der Waals surface area (Å²) in [6, 6.07) is 0. The summed E-state index contributed by atoms with van der Waals surface area (Å²) in [6.45, 7) is 1.61. The van der Waals surface area contributed by atoms with Gasteiger partial charge in [0.15, 0.2) is 5.69 Å². The van der Waals surface area contributed by atoms with E-state index in [1.807, 2.05) is 0 Å². The lowest BCUT2D eigenvalue weighted by molar-refractivity contribution is 0.0780. The van der Waals surface area contributed by atoms with Crippen LogP contribution in [-0.4, -0.2) is 45.8 Å². The second-order valence-corrected chi connectivity index (χ2v) is 5.59. The third-order valence-corrected chi connectivity index (χ3v) is 4.13. The number of rotatable bonds is 4. The van der Waals surface area contributed by atoms with Gasteiger partial charge in [-0.2, -0.15) is 5.10 Å². The van der Waals surface area contributed by atoms with Crippen LogP contribution in [0.15, 0.2) is 0 Å². The standard InChI is InChI=1S/C13H20N4O2/c14-10-11(9-1-2-9)15-16-12(10)13(19)17-5-3-8(7-17)4-6-18/h8-9,18H,1-7,14H2,(H,15,16). The third-order valence-electron chi connectivity index (χ3n) is 4.13. The van der Waals surface area contributed by atoms with E-state index in [9.17, 15) is 4.79 Å². The van der Waals surface area contributed by atoms with Gasteiger partial charge < -0.3 is 15.7 Å². The second-order valence-electron chi connectivity index (χ2n) is 5.59. The molecule has 1 aliphatic carbocycles. The molecule has 1 aliphatic heterocycles. The van der Waals surface area contributed by atoms with Gasteiger partial charge in [0.1, 0.15) is 0 Å². The summed E-state index contributed by atoms with van der Waals surface area (Å²) in [5.74, 6) is 0.785. The Morgan fingerprint density at radius 1 is 1.47 bits per heavy atom. The smallest absolute Gasteiger partial charge is 0.276 e. The van der Waals surface area contributed by atoms with Crippen LogP contribution in [0, 0.1) is 5.92 Å². The van der Waals surface area contributed by atoms with Gasteiger partial charge in [-0.15, -0.1) is 0 Å². The SMILES string of the molecule is Nc1c(C(=O)N2CCC(CCO)C2)n[nH]c1C1CC1. The molecule has 1 unspecified atom stereocenters. The van der Waals surface area contributed by atoms with E-state index in [1.165, 1.54) is 0 Å². The molecule has 19 heavy (non-hydrogen) atoms. The van der Waals surface area contributed by atoms with Crippen LogP contribution in [0.3, 0.4) is 0 Å². The van der Waals surface area contributed by atoms with E-state index in [2.05, 4.69) is 10.2 Å². The van der Waals surface area contributed by atoms with Gasteiger partial charge >= 0.3 is 0 Å². The first-order valence-corrected chi connectivity index (χ1v) is 6.94. The zero-order valence-corrected chi connectivity index (χ0v) is 10.9. The van der Waals surface area contributed by atoms with Gasteiger partial charge in [-0.25, -0.2) is 0 Å². The molecule has 1 atom stereocenters. The second kappa shape index (κ2) is 4.85. The molecule has 3 rings (SSSR count). The van der Waals surface area contributed by atoms with E-state index in [0.717, 1.165) is 37.9 Å². The molecule has 1 amide bonds. The molecule has 2 aliphatic rings. The first-order chi connectivity index (χ1) is 9.20. The number of aliphatic hydroxyl groups excluding tert-OH is 1. The van der Waals surface area contributed by atoms with Gasteiger partial charge in [-0.3, -0.25) is 9.89 Å². The van der Waals surface area contributed by atoms with Crippen LogP contribution in [0.2, 0.25) is 0 Å².